The summed E-state index contributed by atoms with van der Waals surface area (Å²) in [5.41, 5.74) is 2.07. The molecule has 0 saturated heterocycles. The molecule has 0 saturated carbocycles. The van der Waals surface area contributed by atoms with Gasteiger partial charge in [0.1, 0.15) is 5.69 Å². The number of aromatic nitrogens is 2. The quantitative estimate of drug-likeness (QED) is 0.603. The van der Waals surface area contributed by atoms with Crippen LogP contribution in [-0.2, 0) is 7.05 Å². The molecule has 0 unspecified atom stereocenters. The van der Waals surface area contributed by atoms with Crippen LogP contribution in [0.5, 0.6) is 0 Å². The Morgan fingerprint density at radius 2 is 2.15 bits per heavy atom. The number of para-hydroxylation sites is 1. The highest BCUT2D eigenvalue weighted by Crippen LogP contribution is 2.15. The summed E-state index contributed by atoms with van der Waals surface area (Å²) in [5, 5.41) is 5.50. The molecule has 0 aliphatic rings. The maximum Gasteiger partial charge on any atom is 0.111 e. The summed E-state index contributed by atoms with van der Waals surface area (Å²) in [6.07, 6.45) is 1.78. The standard InChI is InChI=1S/C10H11N3/c1-11-7-9-8-5-3-4-6-10(8)13(2)12-9/h3-7H,1-2H3/b11-7+. The second-order valence-electron chi connectivity index (χ2n) is 2.91. The van der Waals surface area contributed by atoms with E-state index in [2.05, 4.69) is 22.2 Å². The Hall–Kier alpha value is -1.64. The number of nitrogens with zero attached hydrogens (tertiary/aromatic N) is 3. The Balaban J connectivity index is 2.77. The van der Waals surface area contributed by atoms with E-state index in [0.717, 1.165) is 16.6 Å². The minimum absolute atomic E-state index is 0.931. The molecular weight excluding hydrogens is 162 g/mol. The van der Waals surface area contributed by atoms with E-state index in [9.17, 15) is 0 Å². The van der Waals surface area contributed by atoms with Crippen LogP contribution in [0.1, 0.15) is 5.69 Å². The molecule has 66 valence electrons. The van der Waals surface area contributed by atoms with Crippen molar-refractivity contribution in [3.8, 4) is 0 Å². The third-order valence-corrected chi connectivity index (χ3v) is 2.04. The number of hydrogen-bond donors (Lipinski definition) is 0. The minimum Gasteiger partial charge on any atom is -0.294 e. The fourth-order valence-electron chi connectivity index (χ4n) is 1.46. The lowest BCUT2D eigenvalue weighted by molar-refractivity contribution is 0.794. The first kappa shape index (κ1) is 7.98. The largest absolute Gasteiger partial charge is 0.294 e. The highest BCUT2D eigenvalue weighted by atomic mass is 15.3. The average Bonchev–Trinajstić information content (AvgIpc) is 2.46. The molecular formula is C10H11N3. The summed E-state index contributed by atoms with van der Waals surface area (Å²) in [5.74, 6) is 0. The van der Waals surface area contributed by atoms with E-state index in [0.29, 0.717) is 0 Å². The van der Waals surface area contributed by atoms with E-state index < -0.39 is 0 Å². The lowest BCUT2D eigenvalue weighted by Gasteiger charge is -1.90. The molecule has 2 aromatic rings. The van der Waals surface area contributed by atoms with Crippen molar-refractivity contribution in [1.29, 1.82) is 0 Å². The molecule has 0 amide bonds. The van der Waals surface area contributed by atoms with Crippen LogP contribution in [-0.4, -0.2) is 23.0 Å². The summed E-state index contributed by atoms with van der Waals surface area (Å²) in [6.45, 7) is 0. The molecule has 0 atom stereocenters. The number of aryl methyl sites for hydroxylation is 1. The van der Waals surface area contributed by atoms with Crippen molar-refractivity contribution in [3.05, 3.63) is 30.0 Å². The van der Waals surface area contributed by atoms with Crippen LogP contribution >= 0.6 is 0 Å². The van der Waals surface area contributed by atoms with Gasteiger partial charge in [-0.2, -0.15) is 5.10 Å². The number of hydrogen-bond acceptors (Lipinski definition) is 2. The predicted molar refractivity (Wildman–Crippen MR) is 54.2 cm³/mol. The van der Waals surface area contributed by atoms with Gasteiger partial charge in [-0.3, -0.25) is 9.67 Å². The van der Waals surface area contributed by atoms with Crippen molar-refractivity contribution in [1.82, 2.24) is 9.78 Å². The number of rotatable bonds is 1. The zero-order valence-electron chi connectivity index (χ0n) is 7.73. The molecule has 0 spiro atoms. The van der Waals surface area contributed by atoms with Gasteiger partial charge in [-0.05, 0) is 6.07 Å². The lowest BCUT2D eigenvalue weighted by Crippen LogP contribution is -1.90. The molecule has 13 heavy (non-hydrogen) atoms. The van der Waals surface area contributed by atoms with Gasteiger partial charge in [-0.25, -0.2) is 0 Å². The molecule has 3 heteroatoms. The Kier molecular flexibility index (Phi) is 1.85. The van der Waals surface area contributed by atoms with E-state index in [1.807, 2.05) is 23.9 Å². The zero-order valence-corrected chi connectivity index (χ0v) is 7.73. The van der Waals surface area contributed by atoms with Crippen LogP contribution in [0.2, 0.25) is 0 Å². The van der Waals surface area contributed by atoms with Gasteiger partial charge >= 0.3 is 0 Å². The average molecular weight is 173 g/mol. The lowest BCUT2D eigenvalue weighted by atomic mass is 10.2. The summed E-state index contributed by atoms with van der Waals surface area (Å²) in [6, 6.07) is 8.13. The molecule has 2 rings (SSSR count). The van der Waals surface area contributed by atoms with Crippen molar-refractivity contribution in [2.75, 3.05) is 7.05 Å². The summed E-state index contributed by atoms with van der Waals surface area (Å²) >= 11 is 0. The summed E-state index contributed by atoms with van der Waals surface area (Å²) in [7, 11) is 3.69. The molecule has 0 fully saturated rings. The summed E-state index contributed by atoms with van der Waals surface area (Å²) in [4.78, 5) is 3.97. The Morgan fingerprint density at radius 1 is 1.38 bits per heavy atom. The van der Waals surface area contributed by atoms with Crippen LogP contribution in [0.3, 0.4) is 0 Å². The highest BCUT2D eigenvalue weighted by molar-refractivity contribution is 5.96. The zero-order chi connectivity index (χ0) is 9.26. The van der Waals surface area contributed by atoms with Gasteiger partial charge in [-0.1, -0.05) is 18.2 Å². The van der Waals surface area contributed by atoms with Crippen LogP contribution in [0.15, 0.2) is 29.3 Å². The van der Waals surface area contributed by atoms with E-state index in [-0.39, 0.29) is 0 Å². The van der Waals surface area contributed by atoms with E-state index in [1.165, 1.54) is 0 Å². The van der Waals surface area contributed by atoms with Gasteiger partial charge in [0.05, 0.1) is 5.52 Å². The number of fused-ring (bicyclic) bond motifs is 1. The molecule has 3 nitrogen and oxygen atoms in total. The van der Waals surface area contributed by atoms with Gasteiger partial charge in [0, 0.05) is 25.7 Å². The first-order valence-corrected chi connectivity index (χ1v) is 4.17. The molecule has 0 aliphatic heterocycles. The van der Waals surface area contributed by atoms with Crippen LogP contribution in [0.4, 0.5) is 0 Å². The first-order chi connectivity index (χ1) is 6.33. The normalized spacial score (nSPS) is 11.5. The molecule has 0 radical (unpaired) electrons. The van der Waals surface area contributed by atoms with Crippen molar-refractivity contribution in [3.63, 3.8) is 0 Å². The van der Waals surface area contributed by atoms with E-state index >= 15 is 0 Å². The first-order valence-electron chi connectivity index (χ1n) is 4.17. The highest BCUT2D eigenvalue weighted by Gasteiger charge is 2.03. The third-order valence-electron chi connectivity index (χ3n) is 2.04. The number of benzene rings is 1. The maximum absolute atomic E-state index is 4.35. The molecule has 1 aromatic heterocycles. The van der Waals surface area contributed by atoms with Crippen molar-refractivity contribution in [2.45, 2.75) is 0 Å². The van der Waals surface area contributed by atoms with Gasteiger partial charge in [0.2, 0.25) is 0 Å². The molecule has 1 aromatic carbocycles. The molecule has 0 bridgehead atoms. The minimum atomic E-state index is 0.931. The third kappa shape index (κ3) is 1.22. The van der Waals surface area contributed by atoms with Gasteiger partial charge in [0.25, 0.3) is 0 Å². The van der Waals surface area contributed by atoms with Crippen LogP contribution in [0, 0.1) is 0 Å². The van der Waals surface area contributed by atoms with Crippen molar-refractivity contribution < 1.29 is 0 Å². The van der Waals surface area contributed by atoms with Gasteiger partial charge < -0.3 is 0 Å². The Bertz CT molecular complexity index is 454. The topological polar surface area (TPSA) is 30.2 Å². The molecule has 0 N–H and O–H groups in total. The van der Waals surface area contributed by atoms with Gasteiger partial charge in [0.15, 0.2) is 0 Å². The van der Waals surface area contributed by atoms with Gasteiger partial charge in [-0.15, -0.1) is 0 Å². The van der Waals surface area contributed by atoms with E-state index in [1.54, 1.807) is 13.3 Å². The fourth-order valence-corrected chi connectivity index (χ4v) is 1.46. The van der Waals surface area contributed by atoms with Crippen molar-refractivity contribution in [2.24, 2.45) is 12.0 Å². The second-order valence-corrected chi connectivity index (χ2v) is 2.91. The number of aliphatic imine (C=N–C) groups is 1. The van der Waals surface area contributed by atoms with E-state index in [4.69, 9.17) is 0 Å². The van der Waals surface area contributed by atoms with Crippen molar-refractivity contribution >= 4 is 17.1 Å². The Morgan fingerprint density at radius 3 is 2.92 bits per heavy atom. The maximum atomic E-state index is 4.35. The fraction of sp³-hybridized carbons (Fsp3) is 0.200. The SMILES string of the molecule is C/N=C/c1nn(C)c2ccccc12. The monoisotopic (exact) mass is 173 g/mol. The van der Waals surface area contributed by atoms with Crippen LogP contribution in [0.25, 0.3) is 10.9 Å². The Labute approximate surface area is 76.7 Å². The molecule has 0 aliphatic carbocycles. The summed E-state index contributed by atoms with van der Waals surface area (Å²) < 4.78 is 1.87. The van der Waals surface area contributed by atoms with Crippen LogP contribution < -0.4 is 0 Å². The second kappa shape index (κ2) is 3.01. The predicted octanol–water partition coefficient (Wildman–Crippen LogP) is 1.62. The smallest absolute Gasteiger partial charge is 0.111 e. The molecule has 1 heterocycles.